The number of rotatable bonds is 1. The first kappa shape index (κ1) is 14.9. The molecule has 4 nitrogen and oxygen atoms in total. The Morgan fingerprint density at radius 2 is 2.05 bits per heavy atom. The van der Waals surface area contributed by atoms with E-state index in [2.05, 4.69) is 25.2 Å². The number of oxime groups is 1. The summed E-state index contributed by atoms with van der Waals surface area (Å²) in [5.41, 5.74) is -0.108. The Morgan fingerprint density at radius 1 is 1.42 bits per heavy atom. The first-order valence-corrected chi connectivity index (χ1v) is 6.70. The predicted octanol–water partition coefficient (Wildman–Crippen LogP) is -1.49. The van der Waals surface area contributed by atoms with Crippen molar-refractivity contribution in [1.82, 2.24) is 0 Å². The number of piperidine rings is 1. The van der Waals surface area contributed by atoms with Crippen LogP contribution in [0, 0.1) is 12.3 Å². The maximum Gasteiger partial charge on any atom is 0.230 e. The number of quaternary nitrogens is 1. The van der Waals surface area contributed by atoms with Gasteiger partial charge >= 0.3 is 0 Å². The average molecular weight is 376 g/mol. The minimum atomic E-state index is -0.108. The van der Waals surface area contributed by atoms with E-state index in [4.69, 9.17) is 16.0 Å². The number of fused-ring (bicyclic) bond motifs is 2. The van der Waals surface area contributed by atoms with Gasteiger partial charge in [-0.3, -0.25) is 0 Å². The molecule has 0 aliphatic carbocycles. The van der Waals surface area contributed by atoms with E-state index in [-0.39, 0.29) is 36.2 Å². The van der Waals surface area contributed by atoms with E-state index in [1.807, 2.05) is 0 Å². The van der Waals surface area contributed by atoms with Crippen LogP contribution < -0.4 is 24.0 Å². The zero-order chi connectivity index (χ0) is 12.8. The van der Waals surface area contributed by atoms with E-state index in [1.54, 1.807) is 0 Å². The van der Waals surface area contributed by atoms with E-state index in [0.29, 0.717) is 18.0 Å². The highest BCUT2D eigenvalue weighted by molar-refractivity contribution is 5.78. The molecule has 1 spiro atoms. The molecule has 2 fully saturated rings. The summed E-state index contributed by atoms with van der Waals surface area (Å²) in [6, 6.07) is 1.40. The van der Waals surface area contributed by atoms with Gasteiger partial charge in [-0.2, -0.15) is 0 Å². The summed E-state index contributed by atoms with van der Waals surface area (Å²) in [4.78, 5) is 5.75. The number of hydrogen-bond donors (Lipinski definition) is 0. The van der Waals surface area contributed by atoms with Crippen LogP contribution in [0.25, 0.3) is 0 Å². The molecule has 0 N–H and O–H groups in total. The van der Waals surface area contributed by atoms with Gasteiger partial charge in [-0.1, -0.05) is 11.1 Å². The van der Waals surface area contributed by atoms with Gasteiger partial charge in [0.15, 0.2) is 5.60 Å². The Morgan fingerprint density at radius 3 is 2.63 bits per heavy atom. The molecule has 1 unspecified atom stereocenters. The van der Waals surface area contributed by atoms with E-state index in [9.17, 15) is 0 Å². The Hall–Kier alpha value is -0.480. The monoisotopic (exact) mass is 376 g/mol. The van der Waals surface area contributed by atoms with Gasteiger partial charge in [0.25, 0.3) is 0 Å². The fraction of sp³-hybridized carbons (Fsp3) is 0.786. The van der Waals surface area contributed by atoms with E-state index >= 15 is 0 Å². The average Bonchev–Trinajstić information content (AvgIpc) is 2.73. The zero-order valence-electron chi connectivity index (χ0n) is 11.6. The van der Waals surface area contributed by atoms with Crippen LogP contribution in [0.3, 0.4) is 0 Å². The Kier molecular flexibility index (Phi) is 4.03. The van der Waals surface area contributed by atoms with Gasteiger partial charge in [0, 0.05) is 25.7 Å². The summed E-state index contributed by atoms with van der Waals surface area (Å²) >= 11 is 0. The molecule has 0 aromatic heterocycles. The lowest BCUT2D eigenvalue weighted by atomic mass is 9.82. The molecule has 19 heavy (non-hydrogen) atoms. The molecule has 3 heterocycles. The summed E-state index contributed by atoms with van der Waals surface area (Å²) in [6.07, 6.45) is 10.8. The maximum absolute atomic E-state index is 5.75. The fourth-order valence-electron chi connectivity index (χ4n) is 3.87. The lowest BCUT2D eigenvalue weighted by molar-refractivity contribution is -0.932. The predicted molar refractivity (Wildman–Crippen MR) is 68.8 cm³/mol. The molecule has 106 valence electrons. The second-order valence-electron chi connectivity index (χ2n) is 6.35. The van der Waals surface area contributed by atoms with Crippen LogP contribution in [0.2, 0.25) is 0 Å². The molecule has 2 saturated heterocycles. The smallest absolute Gasteiger partial charge is 0.230 e. The van der Waals surface area contributed by atoms with Crippen LogP contribution in [0.1, 0.15) is 32.1 Å². The van der Waals surface area contributed by atoms with Crippen molar-refractivity contribution in [2.24, 2.45) is 5.16 Å². The lowest BCUT2D eigenvalue weighted by Gasteiger charge is -2.47. The van der Waals surface area contributed by atoms with Crippen molar-refractivity contribution in [2.45, 2.75) is 49.8 Å². The third kappa shape index (κ3) is 2.45. The Balaban J connectivity index is 0.00000133. The van der Waals surface area contributed by atoms with Gasteiger partial charge in [0.1, 0.15) is 6.61 Å². The lowest BCUT2D eigenvalue weighted by Crippen LogP contribution is -3.00. The molecule has 0 radical (unpaired) electrons. The number of hydrogen-bond acceptors (Lipinski definition) is 3. The highest BCUT2D eigenvalue weighted by Gasteiger charge is 2.58. The molecule has 0 amide bonds. The van der Waals surface area contributed by atoms with Crippen LogP contribution in [0.15, 0.2) is 5.16 Å². The summed E-state index contributed by atoms with van der Waals surface area (Å²) in [5, 5.41) is 4.09. The first-order valence-electron chi connectivity index (χ1n) is 6.70. The molecule has 3 aliphatic rings. The molecule has 0 aromatic carbocycles. The van der Waals surface area contributed by atoms with E-state index in [1.165, 1.54) is 12.8 Å². The van der Waals surface area contributed by atoms with Crippen molar-refractivity contribution in [3.05, 3.63) is 0 Å². The summed E-state index contributed by atoms with van der Waals surface area (Å²) < 4.78 is 6.55. The largest absolute Gasteiger partial charge is 1.00 e. The molecule has 3 atom stereocenters. The Bertz CT molecular complexity index is 412. The number of halogens is 1. The van der Waals surface area contributed by atoms with Crippen LogP contribution in [-0.4, -0.2) is 48.8 Å². The molecule has 5 heteroatoms. The van der Waals surface area contributed by atoms with E-state index in [0.717, 1.165) is 23.7 Å². The van der Waals surface area contributed by atoms with Gasteiger partial charge in [-0.05, 0) is 0 Å². The van der Waals surface area contributed by atoms with Crippen molar-refractivity contribution < 1.29 is 38.0 Å². The Labute approximate surface area is 132 Å². The molecule has 0 aromatic rings. The fourth-order valence-corrected chi connectivity index (χ4v) is 3.87. The van der Waals surface area contributed by atoms with Gasteiger partial charge in [-0.25, -0.2) is 0 Å². The summed E-state index contributed by atoms with van der Waals surface area (Å²) in [7, 11) is 4.70. The second kappa shape index (κ2) is 5.13. The topological polar surface area (TPSA) is 30.8 Å². The zero-order valence-corrected chi connectivity index (χ0v) is 13.7. The van der Waals surface area contributed by atoms with Crippen molar-refractivity contribution >= 4 is 5.90 Å². The molecule has 0 saturated carbocycles. The quantitative estimate of drug-likeness (QED) is 0.318. The van der Waals surface area contributed by atoms with Crippen molar-refractivity contribution in [3.8, 4) is 12.3 Å². The van der Waals surface area contributed by atoms with Crippen LogP contribution in [0.5, 0.6) is 0 Å². The van der Waals surface area contributed by atoms with Gasteiger partial charge < -0.3 is 38.0 Å². The minimum absolute atomic E-state index is 0. The van der Waals surface area contributed by atoms with Crippen LogP contribution >= 0.6 is 0 Å². The van der Waals surface area contributed by atoms with Crippen molar-refractivity contribution in [3.63, 3.8) is 0 Å². The van der Waals surface area contributed by atoms with Gasteiger partial charge in [0.2, 0.25) is 5.90 Å². The van der Waals surface area contributed by atoms with Crippen molar-refractivity contribution in [1.29, 1.82) is 0 Å². The SMILES string of the molecule is C#CCOC1=NOC2(C1)C[C@H]1CC[C@@H](C2)[N+]1(C)C.[I-]. The third-order valence-electron chi connectivity index (χ3n) is 5.07. The second-order valence-corrected chi connectivity index (χ2v) is 6.35. The molecule has 3 rings (SSSR count). The van der Waals surface area contributed by atoms with E-state index < -0.39 is 0 Å². The summed E-state index contributed by atoms with van der Waals surface area (Å²) in [5.74, 6) is 3.15. The standard InChI is InChI=1S/C14H21N2O2.HI/c1-4-7-17-13-10-14(18-15-13)8-11-5-6-12(9-14)16(11,2)3;/h1,11-12H,5-10H2,2-3H3;1H/q+1;/p-1/t11-,12+,14?;. The minimum Gasteiger partial charge on any atom is -1.00 e. The normalized spacial score (nSPS) is 38.1. The number of ether oxygens (including phenoxy) is 1. The number of terminal acetylenes is 1. The molecular weight excluding hydrogens is 355 g/mol. The van der Waals surface area contributed by atoms with Crippen LogP contribution in [-0.2, 0) is 9.57 Å². The highest BCUT2D eigenvalue weighted by Crippen LogP contribution is 2.48. The van der Waals surface area contributed by atoms with Crippen molar-refractivity contribution in [2.75, 3.05) is 20.7 Å². The maximum atomic E-state index is 5.75. The number of nitrogens with zero attached hydrogens (tertiary/aromatic N) is 2. The summed E-state index contributed by atoms with van der Waals surface area (Å²) in [6.45, 7) is 0.284. The molecule has 3 aliphatic heterocycles. The third-order valence-corrected chi connectivity index (χ3v) is 5.07. The first-order chi connectivity index (χ1) is 8.56. The highest BCUT2D eigenvalue weighted by atomic mass is 127. The molecular formula is C14H21IN2O2. The molecule has 2 bridgehead atoms. The van der Waals surface area contributed by atoms with Crippen LogP contribution in [0.4, 0.5) is 0 Å². The van der Waals surface area contributed by atoms with Gasteiger partial charge in [-0.15, -0.1) is 6.42 Å². The van der Waals surface area contributed by atoms with Gasteiger partial charge in [0.05, 0.1) is 32.6 Å².